The standard InChI is InChI=1S/C20H30FNO4/c1-16-11-17(5-6-18(16)21)26-15-20(24)13-22(9-10-25-14-20)12-19(23)7-3-2-4-8-19/h5-6,11,23-24H,2-4,7-10,12-15H2,1H3. The molecule has 1 atom stereocenters. The number of rotatable bonds is 5. The molecule has 26 heavy (non-hydrogen) atoms. The van der Waals surface area contributed by atoms with Crippen molar-refractivity contribution in [3.8, 4) is 5.75 Å². The summed E-state index contributed by atoms with van der Waals surface area (Å²) in [6, 6.07) is 4.55. The molecule has 1 saturated carbocycles. The first-order valence-electron chi connectivity index (χ1n) is 9.51. The number of aryl methyl sites for hydroxylation is 1. The van der Waals surface area contributed by atoms with Crippen molar-refractivity contribution in [1.82, 2.24) is 4.90 Å². The maximum atomic E-state index is 13.4. The molecule has 146 valence electrons. The van der Waals surface area contributed by atoms with Gasteiger partial charge >= 0.3 is 0 Å². The third kappa shape index (κ3) is 5.16. The second-order valence-electron chi connectivity index (χ2n) is 7.97. The van der Waals surface area contributed by atoms with Crippen molar-refractivity contribution in [3.05, 3.63) is 29.6 Å². The fraction of sp³-hybridized carbons (Fsp3) is 0.700. The first kappa shape index (κ1) is 19.5. The van der Waals surface area contributed by atoms with Crippen LogP contribution in [0.1, 0.15) is 37.7 Å². The summed E-state index contributed by atoms with van der Waals surface area (Å²) in [5.74, 6) is 0.250. The third-order valence-electron chi connectivity index (χ3n) is 5.38. The smallest absolute Gasteiger partial charge is 0.134 e. The van der Waals surface area contributed by atoms with E-state index in [4.69, 9.17) is 9.47 Å². The fourth-order valence-electron chi connectivity index (χ4n) is 3.93. The topological polar surface area (TPSA) is 62.2 Å². The Morgan fingerprint density at radius 1 is 1.19 bits per heavy atom. The van der Waals surface area contributed by atoms with Gasteiger partial charge in [0.05, 0.1) is 18.8 Å². The predicted octanol–water partition coefficient (Wildman–Crippen LogP) is 2.27. The summed E-state index contributed by atoms with van der Waals surface area (Å²) in [4.78, 5) is 2.08. The van der Waals surface area contributed by atoms with Crippen LogP contribution in [0.5, 0.6) is 5.75 Å². The van der Waals surface area contributed by atoms with Gasteiger partial charge in [-0.2, -0.15) is 0 Å². The lowest BCUT2D eigenvalue weighted by Crippen LogP contribution is -2.53. The molecular weight excluding hydrogens is 337 g/mol. The Hall–Kier alpha value is -1.21. The highest BCUT2D eigenvalue weighted by Gasteiger charge is 2.38. The summed E-state index contributed by atoms with van der Waals surface area (Å²) in [5.41, 5.74) is -1.32. The minimum absolute atomic E-state index is 0.0625. The van der Waals surface area contributed by atoms with Gasteiger partial charge in [-0.05, 0) is 43.5 Å². The average Bonchev–Trinajstić information content (AvgIpc) is 2.78. The summed E-state index contributed by atoms with van der Waals surface area (Å²) < 4.78 is 24.7. The van der Waals surface area contributed by atoms with Crippen LogP contribution in [0.2, 0.25) is 0 Å². The Labute approximate surface area is 154 Å². The van der Waals surface area contributed by atoms with Gasteiger partial charge in [-0.25, -0.2) is 4.39 Å². The van der Waals surface area contributed by atoms with Crippen molar-refractivity contribution in [2.24, 2.45) is 0 Å². The SMILES string of the molecule is Cc1cc(OCC2(O)COCCN(CC3(O)CCCCC3)C2)ccc1F. The average molecular weight is 367 g/mol. The number of aliphatic hydroxyl groups is 2. The molecule has 2 fully saturated rings. The molecule has 0 bridgehead atoms. The highest BCUT2D eigenvalue weighted by atomic mass is 19.1. The van der Waals surface area contributed by atoms with E-state index >= 15 is 0 Å². The second-order valence-corrected chi connectivity index (χ2v) is 7.97. The Morgan fingerprint density at radius 2 is 1.96 bits per heavy atom. The summed E-state index contributed by atoms with van der Waals surface area (Å²) >= 11 is 0. The molecule has 0 aromatic heterocycles. The molecule has 2 aliphatic rings. The maximum absolute atomic E-state index is 13.4. The minimum atomic E-state index is -1.16. The largest absolute Gasteiger partial charge is 0.490 e. The molecule has 1 heterocycles. The van der Waals surface area contributed by atoms with Crippen molar-refractivity contribution in [2.45, 2.75) is 50.2 Å². The summed E-state index contributed by atoms with van der Waals surface area (Å²) in [6.45, 7) is 4.06. The molecule has 2 N–H and O–H groups in total. The molecular formula is C20H30FNO4. The molecule has 1 aromatic carbocycles. The molecule has 1 saturated heterocycles. The second kappa shape index (κ2) is 8.21. The van der Waals surface area contributed by atoms with Gasteiger partial charge in [-0.1, -0.05) is 19.3 Å². The van der Waals surface area contributed by atoms with Crippen LogP contribution in [-0.2, 0) is 4.74 Å². The number of ether oxygens (including phenoxy) is 2. The molecule has 1 unspecified atom stereocenters. The molecule has 5 nitrogen and oxygen atoms in total. The molecule has 1 aliphatic carbocycles. The van der Waals surface area contributed by atoms with Gasteiger partial charge in [0.15, 0.2) is 0 Å². The van der Waals surface area contributed by atoms with Gasteiger partial charge in [-0.15, -0.1) is 0 Å². The van der Waals surface area contributed by atoms with Crippen molar-refractivity contribution in [1.29, 1.82) is 0 Å². The first-order valence-corrected chi connectivity index (χ1v) is 9.51. The summed E-state index contributed by atoms with van der Waals surface area (Å²) in [7, 11) is 0. The van der Waals surface area contributed by atoms with Crippen LogP contribution in [0.25, 0.3) is 0 Å². The highest BCUT2D eigenvalue weighted by Crippen LogP contribution is 2.29. The lowest BCUT2D eigenvalue weighted by atomic mass is 9.84. The van der Waals surface area contributed by atoms with E-state index in [1.54, 1.807) is 19.1 Å². The van der Waals surface area contributed by atoms with Crippen LogP contribution in [-0.4, -0.2) is 65.8 Å². The third-order valence-corrected chi connectivity index (χ3v) is 5.38. The van der Waals surface area contributed by atoms with Crippen molar-refractivity contribution in [2.75, 3.05) is 39.5 Å². The monoisotopic (exact) mass is 367 g/mol. The van der Waals surface area contributed by atoms with Crippen molar-refractivity contribution in [3.63, 3.8) is 0 Å². The van der Waals surface area contributed by atoms with E-state index in [0.717, 1.165) is 25.7 Å². The Kier molecular flexibility index (Phi) is 6.17. The van der Waals surface area contributed by atoms with E-state index in [-0.39, 0.29) is 19.0 Å². The van der Waals surface area contributed by atoms with E-state index in [0.29, 0.717) is 37.6 Å². The number of hydrogen-bond acceptors (Lipinski definition) is 5. The van der Waals surface area contributed by atoms with Crippen LogP contribution in [0.3, 0.4) is 0 Å². The van der Waals surface area contributed by atoms with Crippen molar-refractivity contribution >= 4 is 0 Å². The predicted molar refractivity (Wildman–Crippen MR) is 96.9 cm³/mol. The van der Waals surface area contributed by atoms with Crippen LogP contribution >= 0.6 is 0 Å². The summed E-state index contributed by atoms with van der Waals surface area (Å²) in [5, 5.41) is 21.8. The lowest BCUT2D eigenvalue weighted by Gasteiger charge is -2.38. The molecule has 6 heteroatoms. The highest BCUT2D eigenvalue weighted by molar-refractivity contribution is 5.28. The molecule has 0 radical (unpaired) electrons. The number of halogens is 1. The van der Waals surface area contributed by atoms with E-state index in [9.17, 15) is 14.6 Å². The molecule has 1 aromatic rings. The van der Waals surface area contributed by atoms with Crippen LogP contribution in [0.4, 0.5) is 4.39 Å². The van der Waals surface area contributed by atoms with Gasteiger partial charge in [0.25, 0.3) is 0 Å². The zero-order valence-corrected chi connectivity index (χ0v) is 15.5. The zero-order valence-electron chi connectivity index (χ0n) is 15.5. The van der Waals surface area contributed by atoms with Gasteiger partial charge in [0, 0.05) is 19.6 Å². The maximum Gasteiger partial charge on any atom is 0.134 e. The number of benzene rings is 1. The number of nitrogens with zero attached hydrogens (tertiary/aromatic N) is 1. The van der Waals surface area contributed by atoms with Gasteiger partial charge < -0.3 is 19.7 Å². The van der Waals surface area contributed by atoms with E-state index in [2.05, 4.69) is 4.90 Å². The van der Waals surface area contributed by atoms with E-state index in [1.807, 2.05) is 0 Å². The quantitative estimate of drug-likeness (QED) is 0.836. The van der Waals surface area contributed by atoms with Crippen LogP contribution < -0.4 is 4.74 Å². The van der Waals surface area contributed by atoms with E-state index in [1.165, 1.54) is 12.5 Å². The zero-order chi connectivity index (χ0) is 18.6. The van der Waals surface area contributed by atoms with E-state index < -0.39 is 11.2 Å². The lowest BCUT2D eigenvalue weighted by molar-refractivity contribution is -0.0759. The molecule has 3 rings (SSSR count). The Bertz CT molecular complexity index is 605. The minimum Gasteiger partial charge on any atom is -0.490 e. The van der Waals surface area contributed by atoms with Crippen LogP contribution in [0.15, 0.2) is 18.2 Å². The van der Waals surface area contributed by atoms with Crippen LogP contribution in [0, 0.1) is 12.7 Å². The molecule has 0 spiro atoms. The molecule has 1 aliphatic heterocycles. The normalized spacial score (nSPS) is 27.1. The Balaban J connectivity index is 1.60. The van der Waals surface area contributed by atoms with Gasteiger partial charge in [0.1, 0.15) is 23.8 Å². The van der Waals surface area contributed by atoms with Gasteiger partial charge in [0.2, 0.25) is 0 Å². The number of β-amino-alcohol motifs (C(OH)–C–C–N with tert-alkyl or cyclic N) is 2. The fourth-order valence-corrected chi connectivity index (χ4v) is 3.93. The van der Waals surface area contributed by atoms with Gasteiger partial charge in [-0.3, -0.25) is 4.90 Å². The molecule has 0 amide bonds. The Morgan fingerprint density at radius 3 is 2.69 bits per heavy atom. The first-order chi connectivity index (χ1) is 12.4. The number of hydrogen-bond donors (Lipinski definition) is 2. The summed E-state index contributed by atoms with van der Waals surface area (Å²) in [6.07, 6.45) is 4.92. The van der Waals surface area contributed by atoms with Crippen molar-refractivity contribution < 1.29 is 24.1 Å².